The number of allylic oxidation sites excluding steroid dienone is 1. The minimum absolute atomic E-state index is 0.208. The molecule has 0 aromatic heterocycles. The van der Waals surface area contributed by atoms with Crippen molar-refractivity contribution in [3.05, 3.63) is 12.3 Å². The van der Waals surface area contributed by atoms with Gasteiger partial charge in [0, 0.05) is 12.2 Å². The zero-order chi connectivity index (χ0) is 7.28. The molecule has 0 radical (unpaired) electrons. The maximum atomic E-state index is 8.75. The van der Waals surface area contributed by atoms with Crippen LogP contribution in [0, 0.1) is 0 Å². The summed E-state index contributed by atoms with van der Waals surface area (Å²) in [6.07, 6.45) is -0.679. The van der Waals surface area contributed by atoms with Crippen LogP contribution in [0.3, 0.4) is 0 Å². The first kappa shape index (κ1) is 8.46. The summed E-state index contributed by atoms with van der Waals surface area (Å²) >= 11 is 0. The van der Waals surface area contributed by atoms with E-state index in [1.54, 1.807) is 6.92 Å². The monoisotopic (exact) mass is 131 g/mol. The lowest BCUT2D eigenvalue weighted by Gasteiger charge is -2.08. The van der Waals surface area contributed by atoms with Crippen LogP contribution in [0.5, 0.6) is 0 Å². The van der Waals surface area contributed by atoms with Crippen LogP contribution in [0.2, 0.25) is 0 Å². The van der Waals surface area contributed by atoms with Gasteiger partial charge in [-0.25, -0.2) is 0 Å². The molecule has 1 unspecified atom stereocenters. The molecule has 0 aliphatic rings. The quantitative estimate of drug-likeness (QED) is 0.480. The zero-order valence-corrected chi connectivity index (χ0v) is 5.59. The summed E-state index contributed by atoms with van der Waals surface area (Å²) in [7, 11) is 0. The van der Waals surface area contributed by atoms with Gasteiger partial charge in [0.2, 0.25) is 0 Å². The Morgan fingerprint density at radius 3 is 2.67 bits per heavy atom. The van der Waals surface area contributed by atoms with E-state index in [4.69, 9.17) is 10.2 Å². The first-order valence-electron chi connectivity index (χ1n) is 2.85. The molecule has 0 amide bonds. The third-order valence-electron chi connectivity index (χ3n) is 0.850. The van der Waals surface area contributed by atoms with Crippen LogP contribution in [-0.4, -0.2) is 29.5 Å². The lowest BCUT2D eigenvalue weighted by Crippen LogP contribution is -2.27. The van der Waals surface area contributed by atoms with Gasteiger partial charge in [-0.15, -0.1) is 0 Å². The van der Waals surface area contributed by atoms with Crippen molar-refractivity contribution in [2.24, 2.45) is 0 Å². The first-order valence-corrected chi connectivity index (χ1v) is 2.85. The molecule has 9 heavy (non-hydrogen) atoms. The third-order valence-corrected chi connectivity index (χ3v) is 0.850. The third kappa shape index (κ3) is 5.33. The predicted octanol–water partition coefficient (Wildman–Crippen LogP) is -0.537. The summed E-state index contributed by atoms with van der Waals surface area (Å²) < 4.78 is 0. The van der Waals surface area contributed by atoms with Gasteiger partial charge in [0.25, 0.3) is 0 Å². The maximum Gasteiger partial charge on any atom is 0.0942 e. The fourth-order valence-corrected chi connectivity index (χ4v) is 0.357. The van der Waals surface area contributed by atoms with Gasteiger partial charge in [0.15, 0.2) is 0 Å². The second-order valence-corrected chi connectivity index (χ2v) is 2.00. The summed E-state index contributed by atoms with van der Waals surface area (Å²) in [4.78, 5) is 0. The van der Waals surface area contributed by atoms with Crippen molar-refractivity contribution in [2.45, 2.75) is 13.0 Å². The molecular weight excluding hydrogens is 118 g/mol. The fourth-order valence-electron chi connectivity index (χ4n) is 0.357. The number of hydrogen-bond acceptors (Lipinski definition) is 3. The van der Waals surface area contributed by atoms with Crippen LogP contribution in [0.4, 0.5) is 0 Å². The molecule has 1 atom stereocenters. The Morgan fingerprint density at radius 1 is 1.78 bits per heavy atom. The van der Waals surface area contributed by atoms with E-state index in [2.05, 4.69) is 11.9 Å². The van der Waals surface area contributed by atoms with E-state index < -0.39 is 6.10 Å². The zero-order valence-electron chi connectivity index (χ0n) is 5.59. The van der Waals surface area contributed by atoms with Crippen molar-refractivity contribution >= 4 is 0 Å². The topological polar surface area (TPSA) is 52.5 Å². The minimum Gasteiger partial charge on any atom is -0.394 e. The molecule has 0 aromatic rings. The van der Waals surface area contributed by atoms with E-state index in [-0.39, 0.29) is 6.61 Å². The molecule has 0 rings (SSSR count). The Morgan fingerprint density at radius 2 is 2.33 bits per heavy atom. The molecular formula is C6H13NO2. The Labute approximate surface area is 55.0 Å². The Balaban J connectivity index is 3.16. The molecule has 3 N–H and O–H groups in total. The summed E-state index contributed by atoms with van der Waals surface area (Å²) in [5, 5.41) is 19.9. The summed E-state index contributed by atoms with van der Waals surface area (Å²) in [5.74, 6) is 0. The Hall–Kier alpha value is -0.540. The SMILES string of the molecule is C=C(C)NCC(O)CO. The molecule has 0 spiro atoms. The van der Waals surface area contributed by atoms with E-state index in [1.165, 1.54) is 0 Å². The van der Waals surface area contributed by atoms with Crippen LogP contribution in [0.1, 0.15) is 6.92 Å². The molecule has 0 aliphatic carbocycles. The van der Waals surface area contributed by atoms with Gasteiger partial charge in [-0.1, -0.05) is 6.58 Å². The highest BCUT2D eigenvalue weighted by molar-refractivity contribution is 4.84. The van der Waals surface area contributed by atoms with Gasteiger partial charge in [-0.05, 0) is 6.92 Å². The average Bonchev–Trinajstić information content (AvgIpc) is 1.83. The molecule has 3 nitrogen and oxygen atoms in total. The lowest BCUT2D eigenvalue weighted by atomic mass is 10.4. The van der Waals surface area contributed by atoms with Crippen LogP contribution in [-0.2, 0) is 0 Å². The van der Waals surface area contributed by atoms with Crippen molar-refractivity contribution in [1.82, 2.24) is 5.32 Å². The number of hydrogen-bond donors (Lipinski definition) is 3. The number of aliphatic hydroxyl groups is 2. The highest BCUT2D eigenvalue weighted by Gasteiger charge is 1.98. The highest BCUT2D eigenvalue weighted by atomic mass is 16.3. The average molecular weight is 131 g/mol. The van der Waals surface area contributed by atoms with Crippen molar-refractivity contribution < 1.29 is 10.2 Å². The molecule has 0 fully saturated rings. The fraction of sp³-hybridized carbons (Fsp3) is 0.667. The van der Waals surface area contributed by atoms with Crippen LogP contribution in [0.15, 0.2) is 12.3 Å². The minimum atomic E-state index is -0.679. The van der Waals surface area contributed by atoms with E-state index in [9.17, 15) is 0 Å². The van der Waals surface area contributed by atoms with E-state index >= 15 is 0 Å². The second-order valence-electron chi connectivity index (χ2n) is 2.00. The molecule has 0 aromatic carbocycles. The number of nitrogens with one attached hydrogen (secondary N) is 1. The molecule has 0 heterocycles. The summed E-state index contributed by atoms with van der Waals surface area (Å²) in [6, 6.07) is 0. The van der Waals surface area contributed by atoms with Gasteiger partial charge < -0.3 is 15.5 Å². The van der Waals surface area contributed by atoms with Gasteiger partial charge in [0.1, 0.15) is 0 Å². The van der Waals surface area contributed by atoms with Gasteiger partial charge in [-0.2, -0.15) is 0 Å². The van der Waals surface area contributed by atoms with Crippen molar-refractivity contribution in [3.8, 4) is 0 Å². The largest absolute Gasteiger partial charge is 0.394 e. The standard InChI is InChI=1S/C6H13NO2/c1-5(2)7-3-6(9)4-8/h6-9H,1,3-4H2,2H3. The van der Waals surface area contributed by atoms with Crippen molar-refractivity contribution in [3.63, 3.8) is 0 Å². The second kappa shape index (κ2) is 4.35. The molecule has 0 saturated carbocycles. The normalized spacial score (nSPS) is 12.8. The summed E-state index contributed by atoms with van der Waals surface area (Å²) in [5.41, 5.74) is 0.794. The summed E-state index contributed by atoms with van der Waals surface area (Å²) in [6.45, 7) is 5.51. The van der Waals surface area contributed by atoms with Crippen molar-refractivity contribution in [2.75, 3.05) is 13.2 Å². The predicted molar refractivity (Wildman–Crippen MR) is 35.9 cm³/mol. The van der Waals surface area contributed by atoms with Crippen LogP contribution in [0.25, 0.3) is 0 Å². The first-order chi connectivity index (χ1) is 4.16. The Bertz CT molecular complexity index is 93.1. The maximum absolute atomic E-state index is 8.75. The van der Waals surface area contributed by atoms with Gasteiger partial charge in [-0.3, -0.25) is 0 Å². The molecule has 0 bridgehead atoms. The van der Waals surface area contributed by atoms with Crippen LogP contribution >= 0.6 is 0 Å². The number of rotatable bonds is 4. The molecule has 0 saturated heterocycles. The van der Waals surface area contributed by atoms with E-state index in [0.29, 0.717) is 6.54 Å². The highest BCUT2D eigenvalue weighted by Crippen LogP contribution is 1.81. The number of aliphatic hydroxyl groups excluding tert-OH is 2. The molecule has 0 aliphatic heterocycles. The smallest absolute Gasteiger partial charge is 0.0942 e. The van der Waals surface area contributed by atoms with Gasteiger partial charge in [0.05, 0.1) is 12.7 Å². The van der Waals surface area contributed by atoms with Crippen LogP contribution < -0.4 is 5.32 Å². The molecule has 54 valence electrons. The van der Waals surface area contributed by atoms with E-state index in [1.807, 2.05) is 0 Å². The Kier molecular flexibility index (Phi) is 4.09. The molecule has 3 heteroatoms. The van der Waals surface area contributed by atoms with Crippen molar-refractivity contribution in [1.29, 1.82) is 0 Å². The van der Waals surface area contributed by atoms with E-state index in [0.717, 1.165) is 5.70 Å². The lowest BCUT2D eigenvalue weighted by molar-refractivity contribution is 0.0965. The van der Waals surface area contributed by atoms with Gasteiger partial charge >= 0.3 is 0 Å².